The quantitative estimate of drug-likeness (QED) is 0.127. The maximum Gasteiger partial charge on any atom is 0.0714 e. The Hall–Kier alpha value is -9.83. The molecule has 3 nitrogen and oxygen atoms in total. The van der Waals surface area contributed by atoms with Crippen molar-refractivity contribution in [2.75, 3.05) is 4.90 Å². The van der Waals surface area contributed by atoms with Gasteiger partial charge in [-0.15, -0.1) is 0 Å². The average Bonchev–Trinajstić information content (AvgIpc) is 3.84. The van der Waals surface area contributed by atoms with Gasteiger partial charge in [0, 0.05) is 39.3 Å². The minimum atomic E-state index is -0.596. The van der Waals surface area contributed by atoms with Crippen LogP contribution in [0.1, 0.15) is 50.1 Å². The SMILES string of the molecule is N=C(/C(=C1\NC(c2ccccc2)=Cc2cc(N(c3ccc4c(c3)C(c3ccccc3)(c3ccccc3)c3ccccc3-4)c3ccccc3-c3ccccc3-c3ccccc3)ccc21)c1ccccc1)c1ccccc1. The number of hydrogen-bond donors (Lipinski definition) is 2. The lowest BCUT2D eigenvalue weighted by Gasteiger charge is -2.35. The highest BCUT2D eigenvalue weighted by atomic mass is 15.1. The first-order valence-electron chi connectivity index (χ1n) is 25.7. The predicted molar refractivity (Wildman–Crippen MR) is 313 cm³/mol. The molecule has 0 aromatic heterocycles. The molecule has 11 aromatic carbocycles. The van der Waals surface area contributed by atoms with Crippen LogP contribution < -0.4 is 10.2 Å². The van der Waals surface area contributed by atoms with Crippen molar-refractivity contribution in [3.05, 3.63) is 341 Å². The third-order valence-electron chi connectivity index (χ3n) is 15.0. The van der Waals surface area contributed by atoms with Crippen molar-refractivity contribution >= 4 is 45.8 Å². The van der Waals surface area contributed by atoms with E-state index in [1.807, 2.05) is 36.4 Å². The molecular formula is C72H51N3. The van der Waals surface area contributed by atoms with Gasteiger partial charge in [-0.1, -0.05) is 261 Å². The average molecular weight is 958 g/mol. The normalized spacial score (nSPS) is 13.6. The van der Waals surface area contributed by atoms with E-state index >= 15 is 0 Å². The van der Waals surface area contributed by atoms with Crippen molar-refractivity contribution in [1.82, 2.24) is 5.32 Å². The summed E-state index contributed by atoms with van der Waals surface area (Å²) in [7, 11) is 0. The van der Waals surface area contributed by atoms with Crippen molar-refractivity contribution in [1.29, 1.82) is 5.41 Å². The number of hydrogen-bond acceptors (Lipinski definition) is 3. The summed E-state index contributed by atoms with van der Waals surface area (Å²) < 4.78 is 0. The van der Waals surface area contributed by atoms with E-state index in [2.05, 4.69) is 271 Å². The molecule has 0 bridgehead atoms. The topological polar surface area (TPSA) is 39.1 Å². The Bertz CT molecular complexity index is 3920. The van der Waals surface area contributed by atoms with Crippen LogP contribution in [0.15, 0.2) is 291 Å². The Labute approximate surface area is 439 Å². The number of allylic oxidation sites excluding steroid dienone is 1. The van der Waals surface area contributed by atoms with E-state index in [1.54, 1.807) is 0 Å². The Balaban J connectivity index is 1.09. The van der Waals surface area contributed by atoms with Gasteiger partial charge in [-0.2, -0.15) is 0 Å². The molecule has 75 heavy (non-hydrogen) atoms. The van der Waals surface area contributed by atoms with Gasteiger partial charge in [0.1, 0.15) is 0 Å². The standard InChI is InChI=1S/C72H51N3/c73-70(53-31-13-4-14-32-53)69(52-29-11-3-12-30-52)71-60-45-43-57(47-54(60)48-67(74-71)51-27-9-2-10-28-51)75(68-42-24-22-40-64(68)61-38-20-19-37-59(61)50-25-7-1-8-26-50)58-44-46-63-62-39-21-23-41-65(62)72(66(63)49-58,55-33-15-5-16-34-55)56-35-17-6-18-36-56/h1-49,73-74H/b71-69-,73-70?. The van der Waals surface area contributed by atoms with Crippen LogP contribution >= 0.6 is 0 Å². The first-order valence-corrected chi connectivity index (χ1v) is 25.7. The Morgan fingerprint density at radius 2 is 0.827 bits per heavy atom. The molecule has 0 atom stereocenters. The molecule has 0 radical (unpaired) electrons. The molecule has 13 rings (SSSR count). The fourth-order valence-electron chi connectivity index (χ4n) is 11.7. The lowest BCUT2D eigenvalue weighted by atomic mass is 9.67. The van der Waals surface area contributed by atoms with Gasteiger partial charge in [0.15, 0.2) is 0 Å². The van der Waals surface area contributed by atoms with Crippen molar-refractivity contribution in [3.8, 4) is 33.4 Å². The summed E-state index contributed by atoms with van der Waals surface area (Å²) in [5.41, 5.74) is 22.5. The number of nitrogens with one attached hydrogen (secondary N) is 2. The zero-order valence-electron chi connectivity index (χ0n) is 41.2. The third-order valence-corrected chi connectivity index (χ3v) is 15.0. The molecule has 0 saturated carbocycles. The maximum atomic E-state index is 9.93. The van der Waals surface area contributed by atoms with E-state index in [0.29, 0.717) is 5.71 Å². The van der Waals surface area contributed by atoms with Gasteiger partial charge < -0.3 is 10.2 Å². The molecular weight excluding hydrogens is 907 g/mol. The third kappa shape index (κ3) is 7.90. The molecule has 1 heterocycles. The first kappa shape index (κ1) is 45.1. The number of rotatable bonds is 11. The van der Waals surface area contributed by atoms with E-state index in [-0.39, 0.29) is 0 Å². The Morgan fingerprint density at radius 3 is 1.47 bits per heavy atom. The number of benzene rings is 11. The van der Waals surface area contributed by atoms with Gasteiger partial charge in [-0.3, -0.25) is 5.41 Å². The highest BCUT2D eigenvalue weighted by Gasteiger charge is 2.46. The summed E-state index contributed by atoms with van der Waals surface area (Å²) in [6, 6.07) is 104. The minimum absolute atomic E-state index is 0.445. The summed E-state index contributed by atoms with van der Waals surface area (Å²) in [6.07, 6.45) is 2.27. The molecule has 0 amide bonds. The van der Waals surface area contributed by atoms with Crippen molar-refractivity contribution < 1.29 is 0 Å². The van der Waals surface area contributed by atoms with Crippen LogP contribution in [0, 0.1) is 5.41 Å². The smallest absolute Gasteiger partial charge is 0.0714 e. The van der Waals surface area contributed by atoms with Crippen LogP contribution in [-0.4, -0.2) is 5.71 Å². The van der Waals surface area contributed by atoms with Gasteiger partial charge in [-0.25, -0.2) is 0 Å². The van der Waals surface area contributed by atoms with E-state index < -0.39 is 5.41 Å². The first-order chi connectivity index (χ1) is 37.1. The van der Waals surface area contributed by atoms with E-state index in [4.69, 9.17) is 0 Å². The zero-order chi connectivity index (χ0) is 50.1. The molecule has 0 saturated heterocycles. The molecule has 0 fully saturated rings. The molecule has 1 aliphatic heterocycles. The zero-order valence-corrected chi connectivity index (χ0v) is 41.2. The summed E-state index contributed by atoms with van der Waals surface area (Å²) in [6.45, 7) is 0. The second kappa shape index (κ2) is 19.3. The second-order valence-electron chi connectivity index (χ2n) is 19.2. The molecule has 1 aliphatic carbocycles. The van der Waals surface area contributed by atoms with Crippen LogP contribution in [0.4, 0.5) is 17.1 Å². The highest BCUT2D eigenvalue weighted by Crippen LogP contribution is 2.58. The summed E-state index contributed by atoms with van der Waals surface area (Å²) in [5, 5.41) is 13.8. The Kier molecular flexibility index (Phi) is 11.6. The van der Waals surface area contributed by atoms with Crippen LogP contribution in [0.3, 0.4) is 0 Å². The summed E-state index contributed by atoms with van der Waals surface area (Å²) in [4.78, 5) is 2.47. The van der Waals surface area contributed by atoms with Crippen molar-refractivity contribution in [3.63, 3.8) is 0 Å². The molecule has 0 spiro atoms. The second-order valence-corrected chi connectivity index (χ2v) is 19.2. The minimum Gasteiger partial charge on any atom is -0.354 e. The number of anilines is 3. The largest absolute Gasteiger partial charge is 0.354 e. The number of nitrogens with zero attached hydrogens (tertiary/aromatic N) is 1. The van der Waals surface area contributed by atoms with Gasteiger partial charge in [0.2, 0.25) is 0 Å². The molecule has 2 aliphatic rings. The fourth-order valence-corrected chi connectivity index (χ4v) is 11.7. The van der Waals surface area contributed by atoms with Crippen molar-refractivity contribution in [2.24, 2.45) is 0 Å². The lowest BCUT2D eigenvalue weighted by Crippen LogP contribution is -2.28. The number of fused-ring (bicyclic) bond motifs is 4. The van der Waals surface area contributed by atoms with Crippen LogP contribution in [-0.2, 0) is 5.41 Å². The van der Waals surface area contributed by atoms with Gasteiger partial charge in [0.05, 0.1) is 22.5 Å². The van der Waals surface area contributed by atoms with Crippen LogP contribution in [0.25, 0.3) is 56.4 Å². The van der Waals surface area contributed by atoms with Gasteiger partial charge >= 0.3 is 0 Å². The van der Waals surface area contributed by atoms with Crippen LogP contribution in [0.2, 0.25) is 0 Å². The molecule has 11 aromatic rings. The molecule has 354 valence electrons. The summed E-state index contributed by atoms with van der Waals surface area (Å²) >= 11 is 0. The van der Waals surface area contributed by atoms with Gasteiger partial charge in [-0.05, 0) is 103 Å². The molecule has 0 unspecified atom stereocenters. The number of para-hydroxylation sites is 1. The Morgan fingerprint density at radius 1 is 0.360 bits per heavy atom. The van der Waals surface area contributed by atoms with E-state index in [9.17, 15) is 5.41 Å². The van der Waals surface area contributed by atoms with Gasteiger partial charge in [0.25, 0.3) is 0 Å². The fraction of sp³-hybridized carbons (Fsp3) is 0.0139. The molecule has 2 N–H and O–H groups in total. The van der Waals surface area contributed by atoms with E-state index in [0.717, 1.165) is 84.1 Å². The lowest BCUT2D eigenvalue weighted by molar-refractivity contribution is 0.768. The maximum absolute atomic E-state index is 9.93. The highest BCUT2D eigenvalue weighted by molar-refractivity contribution is 6.36. The van der Waals surface area contributed by atoms with E-state index in [1.165, 1.54) is 33.4 Å². The predicted octanol–water partition coefficient (Wildman–Crippen LogP) is 17.9. The molecule has 3 heteroatoms. The van der Waals surface area contributed by atoms with Crippen molar-refractivity contribution in [2.45, 2.75) is 5.41 Å². The monoisotopic (exact) mass is 957 g/mol. The summed E-state index contributed by atoms with van der Waals surface area (Å²) in [5.74, 6) is 0. The van der Waals surface area contributed by atoms with Crippen LogP contribution in [0.5, 0.6) is 0 Å².